The van der Waals surface area contributed by atoms with Crippen LogP contribution in [0.3, 0.4) is 0 Å². The molecule has 5 aliphatic carbocycles. The van der Waals surface area contributed by atoms with Gasteiger partial charge in [0.2, 0.25) is 0 Å². The fourth-order valence-electron chi connectivity index (χ4n) is 9.50. The molecule has 0 aromatic heterocycles. The molecule has 0 amide bonds. The maximum Gasteiger partial charge on any atom is 0.314 e. The van der Waals surface area contributed by atoms with E-state index in [1.165, 1.54) is 22.3 Å². The van der Waals surface area contributed by atoms with Crippen molar-refractivity contribution in [1.29, 1.82) is 0 Å². The molecular weight excluding hydrogens is 388 g/mol. The molecule has 156 valence electrons. The maximum absolute atomic E-state index is 14.0. The Morgan fingerprint density at radius 2 is 1.06 bits per heavy atom. The summed E-state index contributed by atoms with van der Waals surface area (Å²) in [7, 11) is 0. The average Bonchev–Trinajstić information content (AvgIpc) is 2.69. The molecule has 4 nitrogen and oxygen atoms in total. The second kappa shape index (κ2) is 4.90. The lowest BCUT2D eigenvalue weighted by Crippen LogP contribution is -2.92. The van der Waals surface area contributed by atoms with Gasteiger partial charge in [-0.3, -0.25) is 9.59 Å². The number of hydrogen-bond acceptors (Lipinski definition) is 4. The van der Waals surface area contributed by atoms with E-state index in [9.17, 15) is 9.59 Å². The van der Waals surface area contributed by atoms with E-state index in [-0.39, 0.29) is 59.7 Å². The van der Waals surface area contributed by atoms with Crippen LogP contribution in [0.5, 0.6) is 0 Å². The van der Waals surface area contributed by atoms with E-state index in [0.717, 1.165) is 0 Å². The van der Waals surface area contributed by atoms with Crippen molar-refractivity contribution in [2.75, 3.05) is 0 Å². The van der Waals surface area contributed by atoms with Crippen molar-refractivity contribution in [3.8, 4) is 0 Å². The fraction of sp³-hybridized carbons (Fsp3) is 0.481. The molecule has 4 fully saturated rings. The van der Waals surface area contributed by atoms with Crippen molar-refractivity contribution in [1.82, 2.24) is 0 Å². The highest BCUT2D eigenvalue weighted by Crippen LogP contribution is 2.99. The van der Waals surface area contributed by atoms with Crippen molar-refractivity contribution < 1.29 is 19.1 Å². The SMILES string of the molecule is C[C@@H]1C[C@H](C)OC(=O)[C@]23[C@@H]4[C@@H]5c6ccccc6[C@H]2[C@H]2c6ccccc6[C@@H]5[C@@H]4[C@]23C(=O)O1. The molecular formula is C27H24O4. The minimum atomic E-state index is -0.763. The Balaban J connectivity index is 1.47. The van der Waals surface area contributed by atoms with Crippen LogP contribution >= 0.6 is 0 Å². The Morgan fingerprint density at radius 3 is 1.48 bits per heavy atom. The van der Waals surface area contributed by atoms with Crippen LogP contribution < -0.4 is 0 Å². The van der Waals surface area contributed by atoms with Gasteiger partial charge in [0.25, 0.3) is 0 Å². The quantitative estimate of drug-likeness (QED) is 0.607. The third-order valence-electron chi connectivity index (χ3n) is 9.93. The van der Waals surface area contributed by atoms with Crippen LogP contribution in [0.25, 0.3) is 0 Å². The molecule has 2 aromatic carbocycles. The van der Waals surface area contributed by atoms with Gasteiger partial charge in [-0.15, -0.1) is 0 Å². The minimum Gasteiger partial charge on any atom is -0.462 e. The van der Waals surface area contributed by atoms with Crippen molar-refractivity contribution >= 4 is 11.9 Å². The summed E-state index contributed by atoms with van der Waals surface area (Å²) in [5, 5.41) is 0. The molecule has 1 heterocycles. The third-order valence-corrected chi connectivity index (χ3v) is 9.93. The Morgan fingerprint density at radius 1 is 0.677 bits per heavy atom. The van der Waals surface area contributed by atoms with Crippen LogP contribution in [0, 0.1) is 22.7 Å². The van der Waals surface area contributed by atoms with Crippen LogP contribution in [0.2, 0.25) is 0 Å². The van der Waals surface area contributed by atoms with Crippen LogP contribution in [0.4, 0.5) is 0 Å². The standard InChI is InChI=1S/C27H24O4/c1-12-11-13(2)31-25(29)27-21-17-10-6-4-8-15(17)19-18-14-7-3-5-9-16(14)20(21)26(27,24(28)30-12)22(18)23(19)27/h3-10,12-13,18-23H,11H2,1-2H3/t12-,13+,18+,19-,20-,21+,22+,23-,26+,27-. The van der Waals surface area contributed by atoms with Gasteiger partial charge in [-0.2, -0.15) is 0 Å². The number of carbonyl (C=O) groups excluding carboxylic acids is 2. The molecule has 4 heteroatoms. The van der Waals surface area contributed by atoms with Gasteiger partial charge in [-0.1, -0.05) is 48.5 Å². The normalized spacial score (nSPS) is 49.1. The molecule has 8 rings (SSSR count). The second-order valence-electron chi connectivity index (χ2n) is 10.7. The van der Waals surface area contributed by atoms with E-state index in [1.54, 1.807) is 0 Å². The Labute approximate surface area is 180 Å². The molecule has 1 aliphatic heterocycles. The fourth-order valence-corrected chi connectivity index (χ4v) is 9.50. The molecule has 0 radical (unpaired) electrons. The predicted molar refractivity (Wildman–Crippen MR) is 111 cm³/mol. The summed E-state index contributed by atoms with van der Waals surface area (Å²) in [6.07, 6.45) is 0.0471. The van der Waals surface area contributed by atoms with Crippen molar-refractivity contribution in [3.05, 3.63) is 70.8 Å². The first-order chi connectivity index (χ1) is 15.0. The number of fused-ring (bicyclic) bond motifs is 8. The number of hydrogen-bond donors (Lipinski definition) is 0. The highest BCUT2D eigenvalue weighted by molar-refractivity contribution is 6.00. The van der Waals surface area contributed by atoms with Gasteiger partial charge in [-0.25, -0.2) is 0 Å². The third kappa shape index (κ3) is 1.40. The summed E-state index contributed by atoms with van der Waals surface area (Å²) in [5.74, 6) is 0.610. The average molecular weight is 412 g/mol. The van der Waals surface area contributed by atoms with Gasteiger partial charge in [0.15, 0.2) is 0 Å². The number of benzene rings is 2. The molecule has 1 saturated heterocycles. The number of esters is 2. The van der Waals surface area contributed by atoms with Gasteiger partial charge in [0.1, 0.15) is 12.2 Å². The molecule has 0 unspecified atom stereocenters. The highest BCUT2D eigenvalue weighted by atomic mass is 16.6. The lowest BCUT2D eigenvalue weighted by molar-refractivity contribution is -0.365. The summed E-state index contributed by atoms with van der Waals surface area (Å²) < 4.78 is 12.2. The van der Waals surface area contributed by atoms with Crippen molar-refractivity contribution in [2.24, 2.45) is 22.7 Å². The first kappa shape index (κ1) is 17.0. The first-order valence-electron chi connectivity index (χ1n) is 11.6. The number of cyclic esters (lactones) is 2. The molecule has 3 saturated carbocycles. The zero-order valence-corrected chi connectivity index (χ0v) is 17.6. The molecule has 31 heavy (non-hydrogen) atoms. The van der Waals surface area contributed by atoms with Gasteiger partial charge in [0.05, 0.1) is 10.8 Å². The first-order valence-corrected chi connectivity index (χ1v) is 11.6. The van der Waals surface area contributed by atoms with E-state index in [0.29, 0.717) is 6.42 Å². The predicted octanol–water partition coefficient (Wildman–Crippen LogP) is 4.26. The highest BCUT2D eigenvalue weighted by Gasteiger charge is 3.00. The smallest absolute Gasteiger partial charge is 0.314 e. The monoisotopic (exact) mass is 412 g/mol. The minimum absolute atomic E-state index is 0.00995. The number of ether oxygens (including phenoxy) is 2. The molecule has 6 aliphatic rings. The van der Waals surface area contributed by atoms with E-state index in [4.69, 9.17) is 9.47 Å². The maximum atomic E-state index is 14.0. The van der Waals surface area contributed by atoms with E-state index in [2.05, 4.69) is 48.5 Å². The lowest BCUT2D eigenvalue weighted by Gasteiger charge is -2.90. The summed E-state index contributed by atoms with van der Waals surface area (Å²) in [6.45, 7) is 3.85. The van der Waals surface area contributed by atoms with E-state index in [1.807, 2.05) is 13.8 Å². The Bertz CT molecular complexity index is 1120. The summed E-state index contributed by atoms with van der Waals surface area (Å²) in [4.78, 5) is 27.9. The topological polar surface area (TPSA) is 52.6 Å². The Hall–Kier alpha value is -2.62. The van der Waals surface area contributed by atoms with Crippen molar-refractivity contribution in [2.45, 2.75) is 56.1 Å². The molecule has 0 bridgehead atoms. The number of carbonyl (C=O) groups is 2. The second-order valence-corrected chi connectivity index (χ2v) is 10.7. The van der Waals surface area contributed by atoms with E-state index < -0.39 is 10.8 Å². The van der Waals surface area contributed by atoms with Crippen molar-refractivity contribution in [3.63, 3.8) is 0 Å². The van der Waals surface area contributed by atoms with E-state index >= 15 is 0 Å². The summed E-state index contributed by atoms with van der Waals surface area (Å²) in [6, 6.07) is 17.3. The van der Waals surface area contributed by atoms with Crippen LogP contribution in [0.1, 0.15) is 66.2 Å². The zero-order valence-electron chi connectivity index (χ0n) is 17.6. The summed E-state index contributed by atoms with van der Waals surface area (Å²) >= 11 is 0. The summed E-state index contributed by atoms with van der Waals surface area (Å²) in [5.41, 5.74) is 3.76. The Kier molecular flexibility index (Phi) is 2.68. The van der Waals surface area contributed by atoms with Gasteiger partial charge >= 0.3 is 11.9 Å². The molecule has 2 spiro atoms. The van der Waals surface area contributed by atoms with Gasteiger partial charge in [-0.05, 0) is 59.8 Å². The van der Waals surface area contributed by atoms with Crippen LogP contribution in [-0.4, -0.2) is 24.1 Å². The van der Waals surface area contributed by atoms with Crippen LogP contribution in [-0.2, 0) is 19.1 Å². The molecule has 2 aromatic rings. The molecule has 0 N–H and O–H groups in total. The molecule has 10 atom stereocenters. The lowest BCUT2D eigenvalue weighted by atomic mass is 9.09. The van der Waals surface area contributed by atoms with Gasteiger partial charge < -0.3 is 9.47 Å². The van der Waals surface area contributed by atoms with Gasteiger partial charge in [0, 0.05) is 18.3 Å². The zero-order chi connectivity index (χ0) is 20.9. The largest absolute Gasteiger partial charge is 0.462 e. The van der Waals surface area contributed by atoms with Crippen LogP contribution in [0.15, 0.2) is 48.5 Å². The number of rotatable bonds is 0.